The highest BCUT2D eigenvalue weighted by Gasteiger charge is 2.07. The standard InChI is InChI=1S/C18H22FNS/c1-6-15-10-8-9-11-16(15)17(12-13(3)4)20-14(5)18(7-2)21-19/h7-12H,2,6H2,1,3-5H3/b18-14-,20-17?. The average Bonchev–Trinajstić information content (AvgIpc) is 2.47. The molecular weight excluding hydrogens is 281 g/mol. The molecule has 0 aromatic heterocycles. The summed E-state index contributed by atoms with van der Waals surface area (Å²) in [6.45, 7) is 11.6. The zero-order chi connectivity index (χ0) is 15.8. The number of hydrogen-bond acceptors (Lipinski definition) is 2. The number of allylic oxidation sites excluding steroid dienone is 4. The molecule has 1 aromatic rings. The van der Waals surface area contributed by atoms with Crippen molar-refractivity contribution in [2.24, 2.45) is 4.99 Å². The van der Waals surface area contributed by atoms with Crippen molar-refractivity contribution in [1.29, 1.82) is 0 Å². The third-order valence-electron chi connectivity index (χ3n) is 3.01. The molecule has 21 heavy (non-hydrogen) atoms. The predicted octanol–water partition coefficient (Wildman–Crippen LogP) is 6.04. The second kappa shape index (κ2) is 8.63. The zero-order valence-electron chi connectivity index (χ0n) is 13.1. The minimum absolute atomic E-state index is 0.178. The molecule has 1 rings (SSSR count). The molecule has 0 fully saturated rings. The molecular formula is C18H22FNS. The first-order valence-corrected chi connectivity index (χ1v) is 7.68. The second-order valence-electron chi connectivity index (χ2n) is 4.96. The van der Waals surface area contributed by atoms with Gasteiger partial charge in [0, 0.05) is 5.56 Å². The fraction of sp³-hybridized carbons (Fsp3) is 0.278. The summed E-state index contributed by atoms with van der Waals surface area (Å²) in [6, 6.07) is 8.18. The molecule has 0 aliphatic rings. The molecule has 0 radical (unpaired) electrons. The van der Waals surface area contributed by atoms with Gasteiger partial charge in [-0.2, -0.15) is 3.89 Å². The van der Waals surface area contributed by atoms with Gasteiger partial charge < -0.3 is 0 Å². The van der Waals surface area contributed by atoms with Crippen LogP contribution in [0.15, 0.2) is 64.2 Å². The third-order valence-corrected chi connectivity index (χ3v) is 3.64. The van der Waals surface area contributed by atoms with Crippen LogP contribution in [0.2, 0.25) is 0 Å². The molecule has 0 heterocycles. The van der Waals surface area contributed by atoms with Crippen molar-refractivity contribution in [3.05, 3.63) is 70.3 Å². The Hall–Kier alpha value is -1.61. The van der Waals surface area contributed by atoms with Crippen LogP contribution in [-0.4, -0.2) is 5.71 Å². The SMILES string of the molecule is C=C/C(SF)=C(\C)N=C(C=C(C)C)c1ccccc1CC. The molecule has 0 atom stereocenters. The lowest BCUT2D eigenvalue weighted by atomic mass is 9.99. The van der Waals surface area contributed by atoms with E-state index in [0.29, 0.717) is 10.6 Å². The van der Waals surface area contributed by atoms with Gasteiger partial charge >= 0.3 is 0 Å². The highest BCUT2D eigenvalue weighted by atomic mass is 32.2. The lowest BCUT2D eigenvalue weighted by molar-refractivity contribution is 0.943. The van der Waals surface area contributed by atoms with Gasteiger partial charge in [-0.15, -0.1) is 0 Å². The lowest BCUT2D eigenvalue weighted by Gasteiger charge is -2.09. The molecule has 3 heteroatoms. The first-order chi connectivity index (χ1) is 10.0. The molecule has 0 saturated heterocycles. The maximum Gasteiger partial charge on any atom is 0.0831 e. The summed E-state index contributed by atoms with van der Waals surface area (Å²) in [5, 5.41) is 0. The van der Waals surface area contributed by atoms with Gasteiger partial charge in [-0.05, 0) is 38.8 Å². The summed E-state index contributed by atoms with van der Waals surface area (Å²) in [5.74, 6) is 0. The number of nitrogens with zero attached hydrogens (tertiary/aromatic N) is 1. The van der Waals surface area contributed by atoms with Gasteiger partial charge in [-0.1, -0.05) is 49.4 Å². The van der Waals surface area contributed by atoms with E-state index in [2.05, 4.69) is 30.6 Å². The Bertz CT molecular complexity index is 593. The molecule has 1 aromatic carbocycles. The Morgan fingerprint density at radius 2 is 1.95 bits per heavy atom. The van der Waals surface area contributed by atoms with E-state index < -0.39 is 0 Å². The lowest BCUT2D eigenvalue weighted by Crippen LogP contribution is -2.03. The van der Waals surface area contributed by atoms with Gasteiger partial charge in [-0.3, -0.25) is 4.99 Å². The van der Waals surface area contributed by atoms with Gasteiger partial charge in [-0.25, -0.2) is 0 Å². The number of aryl methyl sites for hydroxylation is 1. The Labute approximate surface area is 131 Å². The number of benzene rings is 1. The van der Waals surface area contributed by atoms with E-state index in [4.69, 9.17) is 0 Å². The van der Waals surface area contributed by atoms with Crippen molar-refractivity contribution in [1.82, 2.24) is 0 Å². The van der Waals surface area contributed by atoms with E-state index in [1.54, 1.807) is 6.92 Å². The number of aliphatic imine (C=N–C) groups is 1. The fourth-order valence-corrected chi connectivity index (χ4v) is 2.21. The molecule has 0 bridgehead atoms. The maximum absolute atomic E-state index is 12.9. The summed E-state index contributed by atoms with van der Waals surface area (Å²) in [7, 11) is 0. The topological polar surface area (TPSA) is 12.4 Å². The summed E-state index contributed by atoms with van der Waals surface area (Å²) >= 11 is 0.178. The van der Waals surface area contributed by atoms with Gasteiger partial charge in [0.15, 0.2) is 0 Å². The van der Waals surface area contributed by atoms with E-state index in [1.807, 2.05) is 32.1 Å². The Balaban J connectivity index is 3.47. The largest absolute Gasteiger partial charge is 0.252 e. The predicted molar refractivity (Wildman–Crippen MR) is 93.4 cm³/mol. The summed E-state index contributed by atoms with van der Waals surface area (Å²) in [6.07, 6.45) is 4.46. The van der Waals surface area contributed by atoms with E-state index in [9.17, 15) is 3.89 Å². The monoisotopic (exact) mass is 303 g/mol. The minimum atomic E-state index is 0.178. The van der Waals surface area contributed by atoms with Crippen LogP contribution >= 0.6 is 12.1 Å². The summed E-state index contributed by atoms with van der Waals surface area (Å²) in [5.41, 5.74) is 4.97. The van der Waals surface area contributed by atoms with Crippen molar-refractivity contribution in [3.8, 4) is 0 Å². The molecule has 0 N–H and O–H groups in total. The van der Waals surface area contributed by atoms with Crippen LogP contribution < -0.4 is 0 Å². The van der Waals surface area contributed by atoms with E-state index in [1.165, 1.54) is 11.6 Å². The number of halogens is 1. The normalized spacial score (nSPS) is 12.7. The third kappa shape index (κ3) is 5.01. The van der Waals surface area contributed by atoms with Crippen LogP contribution in [0.3, 0.4) is 0 Å². The van der Waals surface area contributed by atoms with Gasteiger partial charge in [0.25, 0.3) is 0 Å². The molecule has 0 saturated carbocycles. The molecule has 0 aliphatic heterocycles. The van der Waals surface area contributed by atoms with Crippen molar-refractivity contribution in [2.45, 2.75) is 34.1 Å². The Kier molecular flexibility index (Phi) is 7.17. The summed E-state index contributed by atoms with van der Waals surface area (Å²) < 4.78 is 12.9. The van der Waals surface area contributed by atoms with Crippen LogP contribution in [-0.2, 0) is 6.42 Å². The first-order valence-electron chi connectivity index (χ1n) is 6.97. The van der Waals surface area contributed by atoms with E-state index in [0.717, 1.165) is 23.3 Å². The Morgan fingerprint density at radius 1 is 1.29 bits per heavy atom. The molecule has 1 nitrogen and oxygen atoms in total. The molecule has 0 amide bonds. The van der Waals surface area contributed by atoms with E-state index in [-0.39, 0.29) is 12.1 Å². The minimum Gasteiger partial charge on any atom is -0.252 e. The van der Waals surface area contributed by atoms with Gasteiger partial charge in [0.05, 0.1) is 28.5 Å². The smallest absolute Gasteiger partial charge is 0.0831 e. The van der Waals surface area contributed by atoms with Crippen LogP contribution in [0.25, 0.3) is 0 Å². The van der Waals surface area contributed by atoms with Crippen LogP contribution in [0.1, 0.15) is 38.8 Å². The fourth-order valence-electron chi connectivity index (χ4n) is 1.99. The molecule has 0 aliphatic carbocycles. The average molecular weight is 303 g/mol. The van der Waals surface area contributed by atoms with Crippen molar-refractivity contribution in [2.75, 3.05) is 0 Å². The summed E-state index contributed by atoms with van der Waals surface area (Å²) in [4.78, 5) is 5.07. The van der Waals surface area contributed by atoms with Crippen molar-refractivity contribution < 1.29 is 3.89 Å². The van der Waals surface area contributed by atoms with Gasteiger partial charge in [0.2, 0.25) is 0 Å². The number of rotatable bonds is 6. The quantitative estimate of drug-likeness (QED) is 0.461. The highest BCUT2D eigenvalue weighted by molar-refractivity contribution is 7.98. The zero-order valence-corrected chi connectivity index (χ0v) is 13.9. The first kappa shape index (κ1) is 17.4. The van der Waals surface area contributed by atoms with Crippen molar-refractivity contribution in [3.63, 3.8) is 0 Å². The van der Waals surface area contributed by atoms with Crippen LogP contribution in [0, 0.1) is 0 Å². The molecule has 112 valence electrons. The molecule has 0 unspecified atom stereocenters. The maximum atomic E-state index is 12.9. The number of hydrogen-bond donors (Lipinski definition) is 0. The van der Waals surface area contributed by atoms with Crippen LogP contribution in [0.5, 0.6) is 0 Å². The highest BCUT2D eigenvalue weighted by Crippen LogP contribution is 2.23. The Morgan fingerprint density at radius 3 is 2.48 bits per heavy atom. The van der Waals surface area contributed by atoms with E-state index >= 15 is 0 Å². The van der Waals surface area contributed by atoms with Crippen molar-refractivity contribution >= 4 is 17.9 Å². The second-order valence-corrected chi connectivity index (χ2v) is 5.55. The molecule has 0 spiro atoms. The van der Waals surface area contributed by atoms with Gasteiger partial charge in [0.1, 0.15) is 0 Å². The van der Waals surface area contributed by atoms with Crippen LogP contribution in [0.4, 0.5) is 3.89 Å².